The average Bonchev–Trinajstić information content (AvgIpc) is 2.49. The van der Waals surface area contributed by atoms with Crippen molar-refractivity contribution in [3.05, 3.63) is 58.7 Å². The van der Waals surface area contributed by atoms with E-state index in [1.807, 2.05) is 24.3 Å². The smallest absolute Gasteiger partial charge is 0.133 e. The molecule has 0 saturated carbocycles. The summed E-state index contributed by atoms with van der Waals surface area (Å²) in [5.74, 6) is 1.79. The highest BCUT2D eigenvalue weighted by Gasteiger charge is 2.07. The van der Waals surface area contributed by atoms with Crippen LogP contribution >= 0.6 is 0 Å². The monoisotopic (exact) mass is 285 g/mol. The Balaban J connectivity index is 2.09. The van der Waals surface area contributed by atoms with Gasteiger partial charge >= 0.3 is 0 Å². The second-order valence-electron chi connectivity index (χ2n) is 5.30. The van der Waals surface area contributed by atoms with Crippen LogP contribution in [0.5, 0.6) is 11.5 Å². The quantitative estimate of drug-likeness (QED) is 0.798. The lowest BCUT2D eigenvalue weighted by molar-refractivity contribution is 0.292. The third-order valence-corrected chi connectivity index (χ3v) is 3.63. The highest BCUT2D eigenvalue weighted by Crippen LogP contribution is 2.30. The summed E-state index contributed by atoms with van der Waals surface area (Å²) in [7, 11) is 0. The largest absolute Gasteiger partial charge is 0.457 e. The van der Waals surface area contributed by atoms with E-state index < -0.39 is 0 Å². The maximum atomic E-state index is 8.74. The molecule has 2 N–H and O–H groups in total. The molecule has 0 saturated heterocycles. The first-order chi connectivity index (χ1) is 10.1. The molecule has 0 aliphatic carbocycles. The van der Waals surface area contributed by atoms with Crippen molar-refractivity contribution in [3.8, 4) is 11.5 Å². The van der Waals surface area contributed by atoms with Crippen LogP contribution in [0, 0.1) is 20.8 Å². The summed E-state index contributed by atoms with van der Waals surface area (Å²) in [5, 5.41) is 11.9. The van der Waals surface area contributed by atoms with Crippen LogP contribution < -0.4 is 10.1 Å². The average molecular weight is 285 g/mol. The molecular weight excluding hydrogens is 262 g/mol. The summed E-state index contributed by atoms with van der Waals surface area (Å²) in [6.45, 7) is 7.77. The van der Waals surface area contributed by atoms with Crippen LogP contribution in [-0.4, -0.2) is 18.3 Å². The van der Waals surface area contributed by atoms with Crippen molar-refractivity contribution in [1.82, 2.24) is 5.32 Å². The van der Waals surface area contributed by atoms with Gasteiger partial charge in [0.05, 0.1) is 6.61 Å². The third kappa shape index (κ3) is 4.06. The van der Waals surface area contributed by atoms with Gasteiger partial charge in [-0.25, -0.2) is 0 Å². The predicted octanol–water partition coefficient (Wildman–Crippen LogP) is 3.49. The van der Waals surface area contributed by atoms with Gasteiger partial charge in [0, 0.05) is 13.1 Å². The van der Waals surface area contributed by atoms with E-state index in [1.54, 1.807) is 0 Å². The second-order valence-corrected chi connectivity index (χ2v) is 5.30. The minimum Gasteiger partial charge on any atom is -0.457 e. The molecule has 0 aliphatic rings. The van der Waals surface area contributed by atoms with E-state index in [0.717, 1.165) is 23.6 Å². The van der Waals surface area contributed by atoms with Gasteiger partial charge in [-0.1, -0.05) is 24.3 Å². The number of nitrogens with one attached hydrogen (secondary N) is 1. The Morgan fingerprint density at radius 3 is 2.29 bits per heavy atom. The van der Waals surface area contributed by atoms with Crippen molar-refractivity contribution < 1.29 is 9.84 Å². The molecule has 0 fully saturated rings. The van der Waals surface area contributed by atoms with Gasteiger partial charge in [0.1, 0.15) is 11.5 Å². The lowest BCUT2D eigenvalue weighted by atomic mass is 10.1. The van der Waals surface area contributed by atoms with Crippen molar-refractivity contribution in [2.24, 2.45) is 0 Å². The topological polar surface area (TPSA) is 41.5 Å². The summed E-state index contributed by atoms with van der Waals surface area (Å²) >= 11 is 0. The molecule has 0 aliphatic heterocycles. The third-order valence-electron chi connectivity index (χ3n) is 3.63. The normalized spacial score (nSPS) is 10.7. The van der Waals surface area contributed by atoms with Gasteiger partial charge in [0.2, 0.25) is 0 Å². The molecule has 2 aromatic rings. The Hall–Kier alpha value is -1.84. The molecule has 3 heteroatoms. The Morgan fingerprint density at radius 1 is 0.952 bits per heavy atom. The van der Waals surface area contributed by atoms with E-state index in [0.29, 0.717) is 6.54 Å². The molecular formula is C18H23NO2. The molecule has 0 heterocycles. The molecule has 0 radical (unpaired) electrons. The number of benzene rings is 2. The van der Waals surface area contributed by atoms with E-state index in [1.165, 1.54) is 16.7 Å². The predicted molar refractivity (Wildman–Crippen MR) is 86.0 cm³/mol. The molecule has 0 atom stereocenters. The zero-order valence-corrected chi connectivity index (χ0v) is 12.9. The lowest BCUT2D eigenvalue weighted by Gasteiger charge is -2.14. The zero-order chi connectivity index (χ0) is 15.2. The Morgan fingerprint density at radius 2 is 1.62 bits per heavy atom. The van der Waals surface area contributed by atoms with E-state index in [4.69, 9.17) is 9.84 Å². The minimum absolute atomic E-state index is 0.160. The molecule has 0 aromatic heterocycles. The Labute approximate surface area is 126 Å². The van der Waals surface area contributed by atoms with Gasteiger partial charge in [-0.15, -0.1) is 0 Å². The zero-order valence-electron chi connectivity index (χ0n) is 12.9. The van der Waals surface area contributed by atoms with Crippen molar-refractivity contribution in [2.45, 2.75) is 27.3 Å². The second kappa shape index (κ2) is 7.25. The van der Waals surface area contributed by atoms with Gasteiger partial charge in [-0.2, -0.15) is 0 Å². The van der Waals surface area contributed by atoms with Crippen molar-refractivity contribution in [2.75, 3.05) is 13.2 Å². The fourth-order valence-corrected chi connectivity index (χ4v) is 2.19. The van der Waals surface area contributed by atoms with Crippen LogP contribution in [0.3, 0.4) is 0 Å². The van der Waals surface area contributed by atoms with Crippen LogP contribution in [0.15, 0.2) is 36.4 Å². The van der Waals surface area contributed by atoms with Crippen molar-refractivity contribution in [1.29, 1.82) is 0 Å². The van der Waals surface area contributed by atoms with Crippen molar-refractivity contribution >= 4 is 0 Å². The number of aryl methyl sites for hydroxylation is 2. The molecule has 0 bridgehead atoms. The minimum atomic E-state index is 0.160. The van der Waals surface area contributed by atoms with E-state index in [-0.39, 0.29) is 6.61 Å². The molecule has 0 spiro atoms. The molecule has 2 rings (SSSR count). The maximum Gasteiger partial charge on any atom is 0.133 e. The molecule has 3 nitrogen and oxygen atoms in total. The van der Waals surface area contributed by atoms with Crippen LogP contribution in [0.4, 0.5) is 0 Å². The highest BCUT2D eigenvalue weighted by atomic mass is 16.5. The number of ether oxygens (including phenoxy) is 1. The van der Waals surface area contributed by atoms with Gasteiger partial charge < -0.3 is 15.2 Å². The Kier molecular flexibility index (Phi) is 5.37. The number of aliphatic hydroxyl groups excluding tert-OH is 1. The maximum absolute atomic E-state index is 8.74. The number of rotatable bonds is 6. The van der Waals surface area contributed by atoms with Crippen LogP contribution in [0.1, 0.15) is 22.3 Å². The summed E-state index contributed by atoms with van der Waals surface area (Å²) in [6, 6.07) is 12.3. The summed E-state index contributed by atoms with van der Waals surface area (Å²) < 4.78 is 6.04. The van der Waals surface area contributed by atoms with Gasteiger partial charge in [-0.05, 0) is 55.2 Å². The molecule has 2 aromatic carbocycles. The number of aliphatic hydroxyl groups is 1. The lowest BCUT2D eigenvalue weighted by Crippen LogP contribution is -2.17. The fraction of sp³-hybridized carbons (Fsp3) is 0.333. The van der Waals surface area contributed by atoms with Crippen LogP contribution in [0.2, 0.25) is 0 Å². The fourth-order valence-electron chi connectivity index (χ4n) is 2.19. The summed E-state index contributed by atoms with van der Waals surface area (Å²) in [5.41, 5.74) is 4.74. The summed E-state index contributed by atoms with van der Waals surface area (Å²) in [4.78, 5) is 0. The van der Waals surface area contributed by atoms with E-state index in [9.17, 15) is 0 Å². The first kappa shape index (κ1) is 15.5. The SMILES string of the molecule is Cc1ccc(C)c(Oc2ccc(CNCCO)cc2)c1C. The van der Waals surface area contributed by atoms with Crippen LogP contribution in [-0.2, 0) is 6.54 Å². The van der Waals surface area contributed by atoms with Crippen LogP contribution in [0.25, 0.3) is 0 Å². The molecule has 21 heavy (non-hydrogen) atoms. The molecule has 0 unspecified atom stereocenters. The highest BCUT2D eigenvalue weighted by molar-refractivity contribution is 5.47. The standard InChI is InChI=1S/C18H23NO2/c1-13-4-5-14(2)18(15(13)3)21-17-8-6-16(7-9-17)12-19-10-11-20/h4-9,19-20H,10-12H2,1-3H3. The Bertz CT molecular complexity index is 591. The number of hydrogen-bond acceptors (Lipinski definition) is 3. The molecule has 112 valence electrons. The first-order valence-corrected chi connectivity index (χ1v) is 7.27. The summed E-state index contributed by atoms with van der Waals surface area (Å²) in [6.07, 6.45) is 0. The van der Waals surface area contributed by atoms with Crippen molar-refractivity contribution in [3.63, 3.8) is 0 Å². The van der Waals surface area contributed by atoms with Gasteiger partial charge in [-0.3, -0.25) is 0 Å². The number of hydrogen-bond donors (Lipinski definition) is 2. The first-order valence-electron chi connectivity index (χ1n) is 7.27. The molecule has 0 amide bonds. The van der Waals surface area contributed by atoms with E-state index in [2.05, 4.69) is 38.2 Å². The van der Waals surface area contributed by atoms with Gasteiger partial charge in [0.15, 0.2) is 0 Å². The van der Waals surface area contributed by atoms with E-state index >= 15 is 0 Å². The van der Waals surface area contributed by atoms with Gasteiger partial charge in [0.25, 0.3) is 0 Å².